The Labute approximate surface area is 105 Å². The van der Waals surface area contributed by atoms with Crippen LogP contribution in [-0.2, 0) is 10.0 Å². The fraction of sp³-hybridized carbons (Fsp3) is 0.455. The number of benzene rings is 1. The van der Waals surface area contributed by atoms with E-state index in [0.29, 0.717) is 18.9 Å². The van der Waals surface area contributed by atoms with Crippen molar-refractivity contribution in [1.29, 1.82) is 0 Å². The Morgan fingerprint density at radius 3 is 2.56 bits per heavy atom. The molecule has 1 aromatic carbocycles. The maximum Gasteiger partial charge on any atom is 0.232 e. The van der Waals surface area contributed by atoms with E-state index in [-0.39, 0.29) is 11.4 Å². The van der Waals surface area contributed by atoms with Crippen molar-refractivity contribution in [3.63, 3.8) is 0 Å². The molecule has 102 valence electrons. The Morgan fingerprint density at radius 1 is 1.22 bits per heavy atom. The lowest BCUT2D eigenvalue weighted by Gasteiger charge is -2.08. The van der Waals surface area contributed by atoms with Crippen molar-refractivity contribution in [3.05, 3.63) is 29.8 Å². The predicted octanol–water partition coefficient (Wildman–Crippen LogP) is 1.71. The van der Waals surface area contributed by atoms with E-state index >= 15 is 0 Å². The minimum absolute atomic E-state index is 0.0918. The molecular weight excluding hydrogens is 262 g/mol. The fourth-order valence-electron chi connectivity index (χ4n) is 1.38. The van der Waals surface area contributed by atoms with Crippen LogP contribution in [0, 0.1) is 11.6 Å². The molecule has 0 atom stereocenters. The van der Waals surface area contributed by atoms with Crippen molar-refractivity contribution >= 4 is 15.7 Å². The lowest BCUT2D eigenvalue weighted by atomic mass is 10.3. The molecule has 2 N–H and O–H groups in total. The summed E-state index contributed by atoms with van der Waals surface area (Å²) >= 11 is 0. The molecule has 0 spiro atoms. The van der Waals surface area contributed by atoms with Gasteiger partial charge in [-0.2, -0.15) is 0 Å². The average Bonchev–Trinajstić information content (AvgIpc) is 2.28. The predicted molar refractivity (Wildman–Crippen MR) is 66.9 cm³/mol. The van der Waals surface area contributed by atoms with Gasteiger partial charge in [0.1, 0.15) is 11.6 Å². The van der Waals surface area contributed by atoms with Gasteiger partial charge in [0.15, 0.2) is 0 Å². The van der Waals surface area contributed by atoms with Crippen LogP contribution in [0.1, 0.15) is 12.8 Å². The molecule has 0 saturated heterocycles. The van der Waals surface area contributed by atoms with Crippen LogP contribution in [0.3, 0.4) is 0 Å². The van der Waals surface area contributed by atoms with Crippen molar-refractivity contribution in [1.82, 2.24) is 5.32 Å². The summed E-state index contributed by atoms with van der Waals surface area (Å²) < 4.78 is 51.2. The molecule has 18 heavy (non-hydrogen) atoms. The van der Waals surface area contributed by atoms with Crippen LogP contribution >= 0.6 is 0 Å². The second-order valence-corrected chi connectivity index (χ2v) is 5.70. The number of hydrogen-bond donors (Lipinski definition) is 2. The Hall–Kier alpha value is -1.21. The first-order chi connectivity index (χ1) is 8.44. The third kappa shape index (κ3) is 4.97. The second-order valence-electron chi connectivity index (χ2n) is 3.86. The van der Waals surface area contributed by atoms with Crippen LogP contribution < -0.4 is 10.0 Å². The minimum atomic E-state index is -3.59. The van der Waals surface area contributed by atoms with Crippen molar-refractivity contribution in [2.45, 2.75) is 12.8 Å². The number of unbranched alkanes of at least 4 members (excludes halogenated alkanes) is 1. The summed E-state index contributed by atoms with van der Waals surface area (Å²) in [5, 5.41) is 2.90. The summed E-state index contributed by atoms with van der Waals surface area (Å²) in [7, 11) is -1.81. The maximum absolute atomic E-state index is 13.2. The van der Waals surface area contributed by atoms with E-state index in [9.17, 15) is 17.2 Å². The Bertz CT molecular complexity index is 492. The van der Waals surface area contributed by atoms with Crippen molar-refractivity contribution in [3.8, 4) is 0 Å². The van der Waals surface area contributed by atoms with Crippen molar-refractivity contribution in [2.75, 3.05) is 24.1 Å². The number of nitrogens with one attached hydrogen (secondary N) is 2. The van der Waals surface area contributed by atoms with Crippen molar-refractivity contribution < 1.29 is 17.2 Å². The maximum atomic E-state index is 13.2. The van der Waals surface area contributed by atoms with Gasteiger partial charge in [-0.25, -0.2) is 17.2 Å². The van der Waals surface area contributed by atoms with Gasteiger partial charge in [-0.05, 0) is 38.6 Å². The first kappa shape index (κ1) is 14.8. The van der Waals surface area contributed by atoms with E-state index in [0.717, 1.165) is 18.7 Å². The van der Waals surface area contributed by atoms with Crippen LogP contribution in [0.4, 0.5) is 14.5 Å². The molecule has 0 heterocycles. The van der Waals surface area contributed by atoms with E-state index in [1.54, 1.807) is 7.05 Å². The van der Waals surface area contributed by atoms with Crippen LogP contribution in [0.2, 0.25) is 0 Å². The molecule has 0 aliphatic heterocycles. The highest BCUT2D eigenvalue weighted by atomic mass is 32.2. The molecule has 0 radical (unpaired) electrons. The van der Waals surface area contributed by atoms with Gasteiger partial charge < -0.3 is 5.32 Å². The molecule has 0 unspecified atom stereocenters. The van der Waals surface area contributed by atoms with E-state index in [1.165, 1.54) is 0 Å². The summed E-state index contributed by atoms with van der Waals surface area (Å²) in [4.78, 5) is 0. The average molecular weight is 278 g/mol. The normalized spacial score (nSPS) is 11.5. The van der Waals surface area contributed by atoms with Crippen molar-refractivity contribution in [2.24, 2.45) is 0 Å². The summed E-state index contributed by atoms with van der Waals surface area (Å²) in [6, 6.07) is 2.70. The molecule has 0 fully saturated rings. The van der Waals surface area contributed by atoms with E-state index in [1.807, 2.05) is 0 Å². The standard InChI is InChI=1S/C11H16F2N2O2S/c1-14-6-2-3-7-18(16,17)15-11-5-4-9(12)8-10(11)13/h4-5,8,14-15H,2-3,6-7H2,1H3. The molecule has 1 aromatic rings. The molecule has 0 amide bonds. The molecular formula is C11H16F2N2O2S. The molecule has 0 aromatic heterocycles. The van der Waals surface area contributed by atoms with Gasteiger partial charge in [-0.3, -0.25) is 4.72 Å². The molecule has 0 saturated carbocycles. The first-order valence-electron chi connectivity index (χ1n) is 5.55. The molecule has 4 nitrogen and oxygen atoms in total. The SMILES string of the molecule is CNCCCCS(=O)(=O)Nc1ccc(F)cc1F. The lowest BCUT2D eigenvalue weighted by molar-refractivity contribution is 0.581. The van der Waals surface area contributed by atoms with E-state index < -0.39 is 21.7 Å². The Morgan fingerprint density at radius 2 is 1.94 bits per heavy atom. The zero-order valence-corrected chi connectivity index (χ0v) is 10.9. The van der Waals surface area contributed by atoms with Crippen LogP contribution in [-0.4, -0.2) is 27.8 Å². The van der Waals surface area contributed by atoms with Gasteiger partial charge in [0.2, 0.25) is 10.0 Å². The molecule has 0 bridgehead atoms. The topological polar surface area (TPSA) is 58.2 Å². The largest absolute Gasteiger partial charge is 0.320 e. The van der Waals surface area contributed by atoms with Gasteiger partial charge in [0.05, 0.1) is 11.4 Å². The number of hydrogen-bond acceptors (Lipinski definition) is 3. The number of halogens is 2. The van der Waals surface area contributed by atoms with Gasteiger partial charge >= 0.3 is 0 Å². The zero-order valence-electron chi connectivity index (χ0n) is 10.0. The van der Waals surface area contributed by atoms with Gasteiger partial charge in [-0.1, -0.05) is 0 Å². The number of rotatable bonds is 7. The smallest absolute Gasteiger partial charge is 0.232 e. The highest BCUT2D eigenvalue weighted by molar-refractivity contribution is 7.92. The third-order valence-corrected chi connectivity index (χ3v) is 3.64. The summed E-state index contributed by atoms with van der Waals surface area (Å²) in [5.41, 5.74) is -0.231. The van der Waals surface area contributed by atoms with E-state index in [4.69, 9.17) is 0 Å². The summed E-state index contributed by atoms with van der Waals surface area (Å²) in [5.74, 6) is -1.76. The number of sulfonamides is 1. The zero-order chi connectivity index (χ0) is 13.6. The molecule has 0 aliphatic rings. The fourth-order valence-corrected chi connectivity index (χ4v) is 2.57. The van der Waals surface area contributed by atoms with Gasteiger partial charge in [0, 0.05) is 6.07 Å². The summed E-state index contributed by atoms with van der Waals surface area (Å²) in [6.07, 6.45) is 1.18. The number of anilines is 1. The Balaban J connectivity index is 2.59. The quantitative estimate of drug-likeness (QED) is 0.746. The van der Waals surface area contributed by atoms with Crippen LogP contribution in [0.25, 0.3) is 0 Å². The molecule has 1 rings (SSSR count). The third-order valence-electron chi connectivity index (χ3n) is 2.29. The summed E-state index contributed by atoms with van der Waals surface area (Å²) in [6.45, 7) is 0.723. The van der Waals surface area contributed by atoms with Gasteiger partial charge in [-0.15, -0.1) is 0 Å². The highest BCUT2D eigenvalue weighted by Gasteiger charge is 2.13. The first-order valence-corrected chi connectivity index (χ1v) is 7.20. The van der Waals surface area contributed by atoms with Gasteiger partial charge in [0.25, 0.3) is 0 Å². The molecule has 7 heteroatoms. The second kappa shape index (κ2) is 6.65. The highest BCUT2D eigenvalue weighted by Crippen LogP contribution is 2.16. The van der Waals surface area contributed by atoms with Crippen LogP contribution in [0.15, 0.2) is 18.2 Å². The Kier molecular flexibility index (Phi) is 5.49. The monoisotopic (exact) mass is 278 g/mol. The molecule has 0 aliphatic carbocycles. The van der Waals surface area contributed by atoms with E-state index in [2.05, 4.69) is 10.0 Å². The minimum Gasteiger partial charge on any atom is -0.320 e. The lowest BCUT2D eigenvalue weighted by Crippen LogP contribution is -2.18. The van der Waals surface area contributed by atoms with Crippen LogP contribution in [0.5, 0.6) is 0 Å².